The number of carbonyl (C=O) groups is 3. The number of hydrogen-bond donors (Lipinski definition) is 0. The number of hydrogen-bond acceptors (Lipinski definition) is 6. The van der Waals surface area contributed by atoms with Gasteiger partial charge in [0.2, 0.25) is 0 Å². The Morgan fingerprint density at radius 3 is 2.20 bits per heavy atom. The van der Waals surface area contributed by atoms with Crippen LogP contribution >= 0.6 is 0 Å². The lowest BCUT2D eigenvalue weighted by molar-refractivity contribution is -0.197. The molecule has 4 aliphatic carbocycles. The van der Waals surface area contributed by atoms with E-state index in [1.165, 1.54) is 39.7 Å². The summed E-state index contributed by atoms with van der Waals surface area (Å²) in [5, 5.41) is 0. The monoisotopic (exact) mass is 490 g/mol. The Hall–Kier alpha value is -1.59. The lowest BCUT2D eigenvalue weighted by Crippen LogP contribution is -2.59. The molecule has 0 amide bonds. The van der Waals surface area contributed by atoms with Crippen LogP contribution in [0.15, 0.2) is 0 Å². The normalized spacial score (nSPS) is 43.2. The summed E-state index contributed by atoms with van der Waals surface area (Å²) in [5.74, 6) is 2.43. The molecule has 0 saturated heterocycles. The van der Waals surface area contributed by atoms with Crippen molar-refractivity contribution in [1.82, 2.24) is 0 Å². The van der Waals surface area contributed by atoms with Crippen molar-refractivity contribution in [3.63, 3.8) is 0 Å². The van der Waals surface area contributed by atoms with Crippen LogP contribution in [0.3, 0.4) is 0 Å². The largest absolute Gasteiger partial charge is 0.469 e. The van der Waals surface area contributed by atoms with Crippen LogP contribution in [0.25, 0.3) is 0 Å². The first-order valence-electron chi connectivity index (χ1n) is 13.9. The number of fused-ring (bicyclic) bond motifs is 5. The van der Waals surface area contributed by atoms with Gasteiger partial charge >= 0.3 is 17.9 Å². The molecule has 0 bridgehead atoms. The molecule has 0 aliphatic heterocycles. The highest BCUT2D eigenvalue weighted by Crippen LogP contribution is 2.68. The second-order valence-electron chi connectivity index (χ2n) is 12.7. The molecule has 35 heavy (non-hydrogen) atoms. The fourth-order valence-electron chi connectivity index (χ4n) is 9.46. The lowest BCUT2D eigenvalue weighted by Gasteiger charge is -2.62. The Morgan fingerprint density at radius 1 is 0.886 bits per heavy atom. The molecule has 0 spiro atoms. The predicted molar refractivity (Wildman–Crippen MR) is 132 cm³/mol. The van der Waals surface area contributed by atoms with Gasteiger partial charge in [-0.05, 0) is 98.2 Å². The van der Waals surface area contributed by atoms with Crippen LogP contribution < -0.4 is 0 Å². The van der Waals surface area contributed by atoms with Gasteiger partial charge in [0.25, 0.3) is 0 Å². The molecule has 0 aromatic rings. The van der Waals surface area contributed by atoms with Gasteiger partial charge < -0.3 is 14.2 Å². The van der Waals surface area contributed by atoms with Gasteiger partial charge in [0.15, 0.2) is 0 Å². The predicted octanol–water partition coefficient (Wildman–Crippen LogP) is 5.71. The van der Waals surface area contributed by atoms with Crippen LogP contribution in [0.1, 0.15) is 98.8 Å². The van der Waals surface area contributed by atoms with E-state index >= 15 is 0 Å². The van der Waals surface area contributed by atoms with Crippen LogP contribution in [0.5, 0.6) is 0 Å². The van der Waals surface area contributed by atoms with Crippen molar-refractivity contribution in [3.8, 4) is 0 Å². The van der Waals surface area contributed by atoms with Gasteiger partial charge in [0.1, 0.15) is 12.2 Å². The number of ether oxygens (including phenoxy) is 3. The smallest absolute Gasteiger partial charge is 0.305 e. The van der Waals surface area contributed by atoms with Crippen molar-refractivity contribution in [2.24, 2.45) is 46.3 Å². The summed E-state index contributed by atoms with van der Waals surface area (Å²) in [6, 6.07) is 0. The summed E-state index contributed by atoms with van der Waals surface area (Å²) in [6.45, 7) is 10.3. The molecular formula is C29H46O6. The van der Waals surface area contributed by atoms with Crippen LogP contribution in [-0.2, 0) is 28.6 Å². The molecule has 1 unspecified atom stereocenters. The van der Waals surface area contributed by atoms with Gasteiger partial charge in [-0.1, -0.05) is 20.8 Å². The Balaban J connectivity index is 1.57. The molecule has 4 fully saturated rings. The van der Waals surface area contributed by atoms with Crippen molar-refractivity contribution >= 4 is 17.9 Å². The van der Waals surface area contributed by atoms with E-state index in [-0.39, 0.29) is 40.9 Å². The molecule has 0 N–H and O–H groups in total. The molecule has 10 atom stereocenters. The summed E-state index contributed by atoms with van der Waals surface area (Å²) in [6.07, 6.45) is 9.80. The number of rotatable bonds is 6. The van der Waals surface area contributed by atoms with Crippen molar-refractivity contribution in [2.45, 2.75) is 111 Å². The quantitative estimate of drug-likeness (QED) is 0.351. The van der Waals surface area contributed by atoms with Gasteiger partial charge in [0.05, 0.1) is 7.11 Å². The Labute approximate surface area is 211 Å². The second-order valence-corrected chi connectivity index (χ2v) is 12.7. The highest BCUT2D eigenvalue weighted by atomic mass is 16.5. The molecule has 4 saturated carbocycles. The second kappa shape index (κ2) is 10.0. The molecule has 4 aliphatic rings. The zero-order chi connectivity index (χ0) is 25.5. The summed E-state index contributed by atoms with van der Waals surface area (Å²) in [5.41, 5.74) is 0.418. The van der Waals surface area contributed by atoms with E-state index in [9.17, 15) is 14.4 Å². The molecule has 6 heteroatoms. The first kappa shape index (κ1) is 26.5. The van der Waals surface area contributed by atoms with Gasteiger partial charge in [-0.3, -0.25) is 14.4 Å². The number of carbonyl (C=O) groups excluding carboxylic acids is 3. The molecule has 0 heterocycles. The molecule has 0 aromatic carbocycles. The van der Waals surface area contributed by atoms with Crippen LogP contribution in [0.4, 0.5) is 0 Å². The molecule has 0 aromatic heterocycles. The number of methoxy groups -OCH3 is 1. The van der Waals surface area contributed by atoms with E-state index in [4.69, 9.17) is 14.2 Å². The summed E-state index contributed by atoms with van der Waals surface area (Å²) in [7, 11) is 1.47. The maximum absolute atomic E-state index is 12.2. The molecule has 4 rings (SSSR count). The number of esters is 3. The van der Waals surface area contributed by atoms with Gasteiger partial charge in [-0.25, -0.2) is 0 Å². The van der Waals surface area contributed by atoms with E-state index in [1.807, 2.05) is 0 Å². The summed E-state index contributed by atoms with van der Waals surface area (Å²) in [4.78, 5) is 35.6. The maximum atomic E-state index is 12.2. The molecule has 198 valence electrons. The maximum Gasteiger partial charge on any atom is 0.305 e. The highest BCUT2D eigenvalue weighted by Gasteiger charge is 2.63. The first-order chi connectivity index (χ1) is 16.5. The highest BCUT2D eigenvalue weighted by molar-refractivity contribution is 5.69. The van der Waals surface area contributed by atoms with Crippen LogP contribution in [-0.4, -0.2) is 37.2 Å². The van der Waals surface area contributed by atoms with Gasteiger partial charge in [-0.2, -0.15) is 0 Å². The SMILES string of the molecule is COC(=O)CC[C@@H](C)[C@H]1CC[C@H]2[C@@H]3[C@@H](OC(C)=O)CC4C[C@H](OC(C)=O)CC[C@]4(C)[C@H]3CC[C@]12C. The average Bonchev–Trinajstić information content (AvgIpc) is 3.14. The standard InChI is InChI=1S/C29H46O6/c1-17(7-10-26(32)33-6)22-8-9-23-27-24(12-14-29(22,23)5)28(4)13-11-21(34-18(2)30)15-20(28)16-25(27)35-19(3)31/h17,20-25,27H,7-16H2,1-6H3/t17-,20?,21-,22-,23+,24+,25+,27+,28+,29-/m1/s1. The van der Waals surface area contributed by atoms with Crippen molar-refractivity contribution in [2.75, 3.05) is 7.11 Å². The van der Waals surface area contributed by atoms with Crippen molar-refractivity contribution < 1.29 is 28.6 Å². The van der Waals surface area contributed by atoms with Crippen LogP contribution in [0.2, 0.25) is 0 Å². The van der Waals surface area contributed by atoms with Gasteiger partial charge in [-0.15, -0.1) is 0 Å². The van der Waals surface area contributed by atoms with Crippen LogP contribution in [0, 0.1) is 46.3 Å². The zero-order valence-corrected chi connectivity index (χ0v) is 22.6. The minimum absolute atomic E-state index is 0.0134. The third-order valence-electron chi connectivity index (χ3n) is 11.1. The fourth-order valence-corrected chi connectivity index (χ4v) is 9.46. The fraction of sp³-hybridized carbons (Fsp3) is 0.897. The Morgan fingerprint density at radius 2 is 1.54 bits per heavy atom. The summed E-state index contributed by atoms with van der Waals surface area (Å²) >= 11 is 0. The molecule has 0 radical (unpaired) electrons. The van der Waals surface area contributed by atoms with Crippen molar-refractivity contribution in [1.29, 1.82) is 0 Å². The van der Waals surface area contributed by atoms with E-state index in [2.05, 4.69) is 20.8 Å². The Kier molecular flexibility index (Phi) is 7.60. The average molecular weight is 491 g/mol. The third-order valence-corrected chi connectivity index (χ3v) is 11.1. The Bertz CT molecular complexity index is 824. The van der Waals surface area contributed by atoms with E-state index in [1.54, 1.807) is 6.92 Å². The first-order valence-corrected chi connectivity index (χ1v) is 13.9. The van der Waals surface area contributed by atoms with E-state index < -0.39 is 0 Å². The zero-order valence-electron chi connectivity index (χ0n) is 22.6. The molecular weight excluding hydrogens is 444 g/mol. The third kappa shape index (κ3) is 4.87. The molecule has 6 nitrogen and oxygen atoms in total. The lowest BCUT2D eigenvalue weighted by atomic mass is 9.43. The minimum atomic E-state index is -0.199. The van der Waals surface area contributed by atoms with Crippen molar-refractivity contribution in [3.05, 3.63) is 0 Å². The topological polar surface area (TPSA) is 78.9 Å². The summed E-state index contributed by atoms with van der Waals surface area (Å²) < 4.78 is 16.6. The minimum Gasteiger partial charge on any atom is -0.469 e. The van der Waals surface area contributed by atoms with E-state index in [0.29, 0.717) is 41.9 Å². The van der Waals surface area contributed by atoms with Gasteiger partial charge in [0, 0.05) is 26.2 Å². The van der Waals surface area contributed by atoms with E-state index in [0.717, 1.165) is 32.1 Å².